The quantitative estimate of drug-likeness (QED) is 0.375. The van der Waals surface area contributed by atoms with E-state index in [2.05, 4.69) is 16.4 Å². The van der Waals surface area contributed by atoms with Gasteiger partial charge >= 0.3 is 0 Å². The van der Waals surface area contributed by atoms with E-state index in [-0.39, 0.29) is 0 Å². The molecule has 0 fully saturated rings. The van der Waals surface area contributed by atoms with E-state index in [1.54, 1.807) is 0 Å². The van der Waals surface area contributed by atoms with Crippen molar-refractivity contribution in [2.75, 3.05) is 26.3 Å². The Morgan fingerprint density at radius 3 is 3.23 bits per heavy atom. The predicted octanol–water partition coefficient (Wildman–Crippen LogP) is 0.257. The van der Waals surface area contributed by atoms with Gasteiger partial charge in [-0.05, 0) is 18.9 Å². The highest BCUT2D eigenvalue weighted by Crippen LogP contribution is 2.05. The Kier molecular flexibility index (Phi) is 4.32. The lowest BCUT2D eigenvalue weighted by molar-refractivity contribution is 0.150. The summed E-state index contributed by atoms with van der Waals surface area (Å²) in [6, 6.07) is 0. The topological polar surface area (TPSA) is 59.6 Å². The van der Waals surface area contributed by atoms with Gasteiger partial charge in [0, 0.05) is 6.54 Å². The van der Waals surface area contributed by atoms with Gasteiger partial charge in [-0.1, -0.05) is 6.08 Å². The fourth-order valence-corrected chi connectivity index (χ4v) is 1.14. The summed E-state index contributed by atoms with van der Waals surface area (Å²) in [6.07, 6.45) is 3.16. The summed E-state index contributed by atoms with van der Waals surface area (Å²) in [4.78, 5) is 4.17. The van der Waals surface area contributed by atoms with Crippen molar-refractivity contribution in [2.45, 2.75) is 13.3 Å². The van der Waals surface area contributed by atoms with Gasteiger partial charge in [0.05, 0.1) is 19.8 Å². The number of aliphatic imine (C=N–C) groups is 1. The molecule has 0 aromatic carbocycles. The van der Waals surface area contributed by atoms with Crippen LogP contribution in [-0.2, 0) is 4.74 Å². The minimum atomic E-state index is 0.508. The van der Waals surface area contributed by atoms with Crippen LogP contribution in [0.3, 0.4) is 0 Å². The molecule has 1 aliphatic heterocycles. The van der Waals surface area contributed by atoms with Gasteiger partial charge in [-0.25, -0.2) is 4.99 Å². The molecule has 13 heavy (non-hydrogen) atoms. The van der Waals surface area contributed by atoms with E-state index in [0.717, 1.165) is 19.6 Å². The summed E-state index contributed by atoms with van der Waals surface area (Å²) in [6.45, 7) is 4.98. The van der Waals surface area contributed by atoms with Crippen LogP contribution in [0.1, 0.15) is 13.3 Å². The molecule has 0 radical (unpaired) electrons. The third-order valence-corrected chi connectivity index (χ3v) is 1.79. The molecule has 0 spiro atoms. The second-order valence-electron chi connectivity index (χ2n) is 2.94. The average molecular weight is 183 g/mol. The van der Waals surface area contributed by atoms with Crippen molar-refractivity contribution in [1.29, 1.82) is 0 Å². The summed E-state index contributed by atoms with van der Waals surface area (Å²) in [5, 5.41) is 2.94. The van der Waals surface area contributed by atoms with Crippen LogP contribution in [-0.4, -0.2) is 32.3 Å². The summed E-state index contributed by atoms with van der Waals surface area (Å²) in [5.41, 5.74) is 6.79. The molecule has 0 saturated carbocycles. The molecule has 0 saturated heterocycles. The fourth-order valence-electron chi connectivity index (χ4n) is 1.14. The molecule has 1 rings (SSSR count). The molecular formula is C9H17N3O. The minimum absolute atomic E-state index is 0.508. The standard InChI is InChI=1S/C9H17N3O/c1-2-11-9(10)12-6-8-4-3-5-13-7-8/h4H,2-3,5-7H2,1H3,(H3,10,11,12). The van der Waals surface area contributed by atoms with E-state index < -0.39 is 0 Å². The van der Waals surface area contributed by atoms with Crippen LogP contribution < -0.4 is 11.1 Å². The molecule has 4 heteroatoms. The number of ether oxygens (including phenoxy) is 1. The zero-order valence-electron chi connectivity index (χ0n) is 8.05. The summed E-state index contributed by atoms with van der Waals surface area (Å²) >= 11 is 0. The second-order valence-corrected chi connectivity index (χ2v) is 2.94. The van der Waals surface area contributed by atoms with Gasteiger partial charge in [-0.2, -0.15) is 0 Å². The number of nitrogens with zero attached hydrogens (tertiary/aromatic N) is 1. The monoisotopic (exact) mass is 183 g/mol. The SMILES string of the molecule is CCNC(N)=NCC1=CCCOC1. The zero-order valence-corrected chi connectivity index (χ0v) is 8.05. The Labute approximate surface area is 78.9 Å². The molecule has 0 bridgehead atoms. The lowest BCUT2D eigenvalue weighted by atomic mass is 10.2. The number of rotatable bonds is 3. The highest BCUT2D eigenvalue weighted by Gasteiger charge is 2.02. The zero-order chi connectivity index (χ0) is 9.52. The third kappa shape index (κ3) is 3.94. The van der Waals surface area contributed by atoms with Gasteiger partial charge < -0.3 is 15.8 Å². The Balaban J connectivity index is 2.31. The van der Waals surface area contributed by atoms with Gasteiger partial charge in [0.2, 0.25) is 0 Å². The molecule has 0 aliphatic carbocycles. The van der Waals surface area contributed by atoms with Gasteiger partial charge in [0.15, 0.2) is 5.96 Å². The Morgan fingerprint density at radius 2 is 2.62 bits per heavy atom. The number of guanidine groups is 1. The molecule has 0 atom stereocenters. The van der Waals surface area contributed by atoms with Crippen molar-refractivity contribution in [2.24, 2.45) is 10.7 Å². The number of hydrogen-bond acceptors (Lipinski definition) is 2. The van der Waals surface area contributed by atoms with Crippen LogP contribution in [0.15, 0.2) is 16.6 Å². The van der Waals surface area contributed by atoms with Gasteiger partial charge in [0.25, 0.3) is 0 Å². The van der Waals surface area contributed by atoms with Crippen LogP contribution in [0.2, 0.25) is 0 Å². The summed E-state index contributed by atoms with van der Waals surface area (Å²) < 4.78 is 5.28. The largest absolute Gasteiger partial charge is 0.377 e. The van der Waals surface area contributed by atoms with Crippen molar-refractivity contribution in [1.82, 2.24) is 5.32 Å². The van der Waals surface area contributed by atoms with Crippen LogP contribution in [0.4, 0.5) is 0 Å². The Hall–Kier alpha value is -1.03. The third-order valence-electron chi connectivity index (χ3n) is 1.79. The molecular weight excluding hydrogens is 166 g/mol. The maximum atomic E-state index is 5.57. The van der Waals surface area contributed by atoms with Gasteiger partial charge in [0.1, 0.15) is 0 Å². The second kappa shape index (κ2) is 5.59. The minimum Gasteiger partial charge on any atom is -0.377 e. The molecule has 4 nitrogen and oxygen atoms in total. The maximum absolute atomic E-state index is 5.57. The molecule has 1 heterocycles. The lowest BCUT2D eigenvalue weighted by Crippen LogP contribution is -2.31. The Morgan fingerprint density at radius 1 is 1.77 bits per heavy atom. The van der Waals surface area contributed by atoms with Crippen molar-refractivity contribution in [3.05, 3.63) is 11.6 Å². The van der Waals surface area contributed by atoms with Crippen LogP contribution in [0.25, 0.3) is 0 Å². The molecule has 74 valence electrons. The fraction of sp³-hybridized carbons (Fsp3) is 0.667. The van der Waals surface area contributed by atoms with Gasteiger partial charge in [-0.15, -0.1) is 0 Å². The van der Waals surface area contributed by atoms with Crippen molar-refractivity contribution in [3.63, 3.8) is 0 Å². The van der Waals surface area contributed by atoms with E-state index in [9.17, 15) is 0 Å². The number of nitrogens with two attached hydrogens (primary N) is 1. The Bertz CT molecular complexity index is 211. The highest BCUT2D eigenvalue weighted by molar-refractivity contribution is 5.77. The molecule has 0 amide bonds. The first-order chi connectivity index (χ1) is 6.33. The normalized spacial score (nSPS) is 18.2. The van der Waals surface area contributed by atoms with E-state index >= 15 is 0 Å². The van der Waals surface area contributed by atoms with E-state index in [1.165, 1.54) is 5.57 Å². The van der Waals surface area contributed by atoms with Crippen LogP contribution >= 0.6 is 0 Å². The van der Waals surface area contributed by atoms with Crippen LogP contribution in [0.5, 0.6) is 0 Å². The summed E-state index contributed by atoms with van der Waals surface area (Å²) in [5.74, 6) is 0.508. The van der Waals surface area contributed by atoms with Crippen molar-refractivity contribution < 1.29 is 4.74 Å². The lowest BCUT2D eigenvalue weighted by Gasteiger charge is -2.11. The molecule has 0 unspecified atom stereocenters. The molecule has 1 aliphatic rings. The molecule has 3 N–H and O–H groups in total. The smallest absolute Gasteiger partial charge is 0.188 e. The first-order valence-corrected chi connectivity index (χ1v) is 4.62. The number of nitrogens with one attached hydrogen (secondary N) is 1. The average Bonchev–Trinajstić information content (AvgIpc) is 2.17. The first kappa shape index (κ1) is 10.1. The highest BCUT2D eigenvalue weighted by atomic mass is 16.5. The van der Waals surface area contributed by atoms with E-state index in [1.807, 2.05) is 6.92 Å². The summed E-state index contributed by atoms with van der Waals surface area (Å²) in [7, 11) is 0. The predicted molar refractivity (Wildman–Crippen MR) is 53.7 cm³/mol. The maximum Gasteiger partial charge on any atom is 0.188 e. The first-order valence-electron chi connectivity index (χ1n) is 4.62. The van der Waals surface area contributed by atoms with Gasteiger partial charge in [-0.3, -0.25) is 0 Å². The van der Waals surface area contributed by atoms with Crippen molar-refractivity contribution in [3.8, 4) is 0 Å². The van der Waals surface area contributed by atoms with E-state index in [4.69, 9.17) is 10.5 Å². The van der Waals surface area contributed by atoms with Crippen LogP contribution in [0, 0.1) is 0 Å². The molecule has 0 aromatic rings. The van der Waals surface area contributed by atoms with E-state index in [0.29, 0.717) is 19.1 Å². The number of hydrogen-bond donors (Lipinski definition) is 2. The van der Waals surface area contributed by atoms with Crippen molar-refractivity contribution >= 4 is 5.96 Å². The molecule has 0 aromatic heterocycles.